The van der Waals surface area contributed by atoms with Gasteiger partial charge in [-0.3, -0.25) is 4.98 Å². The minimum atomic E-state index is 0.634. The first-order valence-corrected chi connectivity index (χ1v) is 5.58. The minimum Gasteiger partial charge on any atom is -0.399 e. The van der Waals surface area contributed by atoms with E-state index in [1.54, 1.807) is 18.5 Å². The van der Waals surface area contributed by atoms with Crippen LogP contribution < -0.4 is 11.5 Å². The zero-order chi connectivity index (χ0) is 12.7. The zero-order valence-electron chi connectivity index (χ0n) is 9.96. The fourth-order valence-corrected chi connectivity index (χ4v) is 2.10. The number of hydrogen-bond donors (Lipinski definition) is 2. The van der Waals surface area contributed by atoms with Crippen molar-refractivity contribution in [1.82, 2.24) is 14.5 Å². The molecule has 0 spiro atoms. The molecule has 0 fully saturated rings. The minimum absolute atomic E-state index is 0.634. The SMILES string of the molecule is Cn1c(-c2cc(N)cc(N)c2)nc2ccncc21. The van der Waals surface area contributed by atoms with E-state index in [9.17, 15) is 0 Å². The van der Waals surface area contributed by atoms with Crippen molar-refractivity contribution in [2.45, 2.75) is 0 Å². The van der Waals surface area contributed by atoms with Crippen LogP contribution in [-0.2, 0) is 7.05 Å². The Morgan fingerprint density at radius 3 is 2.50 bits per heavy atom. The van der Waals surface area contributed by atoms with Gasteiger partial charge in [0, 0.05) is 30.2 Å². The predicted octanol–water partition coefficient (Wildman–Crippen LogP) is 1.80. The number of fused-ring (bicyclic) bond motifs is 1. The van der Waals surface area contributed by atoms with E-state index >= 15 is 0 Å². The third-order valence-electron chi connectivity index (χ3n) is 2.92. The number of nitrogens with zero attached hydrogens (tertiary/aromatic N) is 3. The standard InChI is InChI=1S/C13H13N5/c1-18-12-7-16-3-2-11(12)17-13(18)8-4-9(14)6-10(15)5-8/h2-7H,14-15H2,1H3. The van der Waals surface area contributed by atoms with E-state index < -0.39 is 0 Å². The molecule has 0 saturated heterocycles. The summed E-state index contributed by atoms with van der Waals surface area (Å²) in [6.45, 7) is 0. The Bertz CT molecular complexity index is 709. The van der Waals surface area contributed by atoms with Crippen LogP contribution >= 0.6 is 0 Å². The molecule has 0 aliphatic heterocycles. The molecule has 18 heavy (non-hydrogen) atoms. The molecule has 0 atom stereocenters. The lowest BCUT2D eigenvalue weighted by atomic mass is 10.1. The van der Waals surface area contributed by atoms with Gasteiger partial charge in [0.15, 0.2) is 0 Å². The number of aromatic nitrogens is 3. The molecule has 3 rings (SSSR count). The van der Waals surface area contributed by atoms with Gasteiger partial charge in [-0.1, -0.05) is 0 Å². The average molecular weight is 239 g/mol. The predicted molar refractivity (Wildman–Crippen MR) is 72.8 cm³/mol. The maximum atomic E-state index is 5.81. The van der Waals surface area contributed by atoms with Crippen molar-refractivity contribution in [3.63, 3.8) is 0 Å². The third-order valence-corrected chi connectivity index (χ3v) is 2.92. The first-order valence-electron chi connectivity index (χ1n) is 5.58. The summed E-state index contributed by atoms with van der Waals surface area (Å²) in [6, 6.07) is 7.35. The molecule has 0 bridgehead atoms. The Labute approximate surface area is 104 Å². The summed E-state index contributed by atoms with van der Waals surface area (Å²) in [4.78, 5) is 8.68. The molecule has 2 heterocycles. The molecule has 5 nitrogen and oxygen atoms in total. The topological polar surface area (TPSA) is 82.8 Å². The number of anilines is 2. The summed E-state index contributed by atoms with van der Waals surface area (Å²) in [5, 5.41) is 0. The van der Waals surface area contributed by atoms with E-state index in [1.165, 1.54) is 0 Å². The monoisotopic (exact) mass is 239 g/mol. The Hall–Kier alpha value is -2.56. The molecule has 0 aliphatic carbocycles. The number of rotatable bonds is 1. The van der Waals surface area contributed by atoms with E-state index in [4.69, 9.17) is 11.5 Å². The highest BCUT2D eigenvalue weighted by Gasteiger charge is 2.10. The van der Waals surface area contributed by atoms with Crippen molar-refractivity contribution >= 4 is 22.4 Å². The van der Waals surface area contributed by atoms with Crippen LogP contribution in [0.15, 0.2) is 36.7 Å². The number of nitrogens with two attached hydrogens (primary N) is 2. The molecule has 5 heteroatoms. The van der Waals surface area contributed by atoms with Crippen LogP contribution in [0, 0.1) is 0 Å². The first kappa shape index (κ1) is 10.6. The number of aryl methyl sites for hydroxylation is 1. The fraction of sp³-hybridized carbons (Fsp3) is 0.0769. The normalized spacial score (nSPS) is 10.9. The molecule has 4 N–H and O–H groups in total. The third kappa shape index (κ3) is 1.57. The first-order chi connectivity index (χ1) is 8.65. The maximum absolute atomic E-state index is 5.81. The summed E-state index contributed by atoms with van der Waals surface area (Å²) in [6.07, 6.45) is 3.52. The molecule has 0 radical (unpaired) electrons. The summed E-state index contributed by atoms with van der Waals surface area (Å²) in [5.41, 5.74) is 15.7. The Morgan fingerprint density at radius 1 is 1.11 bits per heavy atom. The van der Waals surface area contributed by atoms with Crippen molar-refractivity contribution in [2.75, 3.05) is 11.5 Å². The second-order valence-corrected chi connectivity index (χ2v) is 4.25. The van der Waals surface area contributed by atoms with Gasteiger partial charge in [0.05, 0.1) is 17.2 Å². The van der Waals surface area contributed by atoms with Crippen LogP contribution in [0.5, 0.6) is 0 Å². The number of pyridine rings is 1. The highest BCUT2D eigenvalue weighted by atomic mass is 15.1. The number of hydrogen-bond acceptors (Lipinski definition) is 4. The highest BCUT2D eigenvalue weighted by molar-refractivity contribution is 5.81. The van der Waals surface area contributed by atoms with Crippen molar-refractivity contribution in [2.24, 2.45) is 7.05 Å². The highest BCUT2D eigenvalue weighted by Crippen LogP contribution is 2.26. The second-order valence-electron chi connectivity index (χ2n) is 4.25. The molecule has 0 aliphatic rings. The largest absolute Gasteiger partial charge is 0.399 e. The summed E-state index contributed by atoms with van der Waals surface area (Å²) in [7, 11) is 1.95. The smallest absolute Gasteiger partial charge is 0.141 e. The van der Waals surface area contributed by atoms with E-state index in [1.807, 2.05) is 29.8 Å². The van der Waals surface area contributed by atoms with Gasteiger partial charge < -0.3 is 16.0 Å². The van der Waals surface area contributed by atoms with Gasteiger partial charge in [-0.15, -0.1) is 0 Å². The number of imidazole rings is 1. The van der Waals surface area contributed by atoms with E-state index in [0.717, 1.165) is 22.4 Å². The number of benzene rings is 1. The van der Waals surface area contributed by atoms with Gasteiger partial charge in [0.25, 0.3) is 0 Å². The molecule has 2 aromatic heterocycles. The zero-order valence-corrected chi connectivity index (χ0v) is 9.96. The summed E-state index contributed by atoms with van der Waals surface area (Å²) < 4.78 is 1.98. The van der Waals surface area contributed by atoms with E-state index in [-0.39, 0.29) is 0 Å². The Morgan fingerprint density at radius 2 is 1.83 bits per heavy atom. The lowest BCUT2D eigenvalue weighted by molar-refractivity contribution is 0.956. The molecule has 3 aromatic rings. The Balaban J connectivity index is 2.28. The molecule has 0 saturated carbocycles. The van der Waals surface area contributed by atoms with E-state index in [2.05, 4.69) is 9.97 Å². The fourth-order valence-electron chi connectivity index (χ4n) is 2.10. The van der Waals surface area contributed by atoms with Crippen LogP contribution in [0.3, 0.4) is 0 Å². The molecule has 90 valence electrons. The van der Waals surface area contributed by atoms with Crippen molar-refractivity contribution in [3.8, 4) is 11.4 Å². The molecular formula is C13H13N5. The van der Waals surface area contributed by atoms with Crippen molar-refractivity contribution in [3.05, 3.63) is 36.7 Å². The number of nitrogen functional groups attached to an aromatic ring is 2. The van der Waals surface area contributed by atoms with Gasteiger partial charge in [-0.25, -0.2) is 4.98 Å². The van der Waals surface area contributed by atoms with Crippen LogP contribution in [0.25, 0.3) is 22.4 Å². The maximum Gasteiger partial charge on any atom is 0.141 e. The molecular weight excluding hydrogens is 226 g/mol. The Kier molecular flexibility index (Phi) is 2.19. The molecule has 0 amide bonds. The summed E-state index contributed by atoms with van der Waals surface area (Å²) in [5.74, 6) is 0.831. The average Bonchev–Trinajstić information content (AvgIpc) is 2.66. The second kappa shape index (κ2) is 3.73. The quantitative estimate of drug-likeness (QED) is 0.634. The van der Waals surface area contributed by atoms with Gasteiger partial charge in [-0.05, 0) is 24.3 Å². The van der Waals surface area contributed by atoms with Crippen LogP contribution in [0.4, 0.5) is 11.4 Å². The van der Waals surface area contributed by atoms with Gasteiger partial charge >= 0.3 is 0 Å². The van der Waals surface area contributed by atoms with Crippen LogP contribution in [0.1, 0.15) is 0 Å². The molecule has 0 unspecified atom stereocenters. The van der Waals surface area contributed by atoms with Crippen molar-refractivity contribution in [1.29, 1.82) is 0 Å². The van der Waals surface area contributed by atoms with Crippen LogP contribution in [-0.4, -0.2) is 14.5 Å². The van der Waals surface area contributed by atoms with Crippen LogP contribution in [0.2, 0.25) is 0 Å². The summed E-state index contributed by atoms with van der Waals surface area (Å²) >= 11 is 0. The lowest BCUT2D eigenvalue weighted by Crippen LogP contribution is -1.96. The van der Waals surface area contributed by atoms with Crippen molar-refractivity contribution < 1.29 is 0 Å². The lowest BCUT2D eigenvalue weighted by Gasteiger charge is -2.05. The molecule has 1 aromatic carbocycles. The van der Waals surface area contributed by atoms with E-state index in [0.29, 0.717) is 11.4 Å². The van der Waals surface area contributed by atoms with Gasteiger partial charge in [-0.2, -0.15) is 0 Å². The van der Waals surface area contributed by atoms with Gasteiger partial charge in [0.2, 0.25) is 0 Å². The van der Waals surface area contributed by atoms with Gasteiger partial charge in [0.1, 0.15) is 5.82 Å².